The largest absolute Gasteiger partial charge is 0.466 e. The van der Waals surface area contributed by atoms with Gasteiger partial charge in [0.1, 0.15) is 5.69 Å². The molecule has 0 unspecified atom stereocenters. The van der Waals surface area contributed by atoms with Crippen LogP contribution in [0.2, 0.25) is 0 Å². The fourth-order valence-corrected chi connectivity index (χ4v) is 0.796. The molecule has 5 nitrogen and oxygen atoms in total. The van der Waals surface area contributed by atoms with E-state index in [1.807, 2.05) is 0 Å². The number of carbonyl (C=O) groups excluding carboxylic acids is 1. The number of carbonyl (C=O) groups is 1. The summed E-state index contributed by atoms with van der Waals surface area (Å²) >= 11 is 0. The quantitative estimate of drug-likeness (QED) is 0.596. The maximum atomic E-state index is 10.9. The van der Waals surface area contributed by atoms with E-state index in [2.05, 4.69) is 15.2 Å². The summed E-state index contributed by atoms with van der Waals surface area (Å²) in [6, 6.07) is 0.178. The summed E-state index contributed by atoms with van der Waals surface area (Å²) in [6.45, 7) is 3.11. The van der Waals surface area contributed by atoms with E-state index in [1.54, 1.807) is 6.92 Å². The van der Waals surface area contributed by atoms with Crippen molar-refractivity contribution in [2.24, 2.45) is 0 Å². The van der Waals surface area contributed by atoms with Crippen LogP contribution in [0, 0.1) is 6.92 Å². The average Bonchev–Trinajstić information content (AvgIpc) is 2.03. The molecule has 0 fully saturated rings. The van der Waals surface area contributed by atoms with Crippen molar-refractivity contribution >= 4 is 5.78 Å². The number of nitrogens with zero attached hydrogens (tertiary/aromatic N) is 3. The first kappa shape index (κ1) is 8.58. The minimum absolute atomic E-state index is 0.143. The Morgan fingerprint density at radius 3 is 2.50 bits per heavy atom. The Hall–Kier alpha value is -1.52. The first-order valence-electron chi connectivity index (χ1n) is 3.41. The van der Waals surface area contributed by atoms with Crippen LogP contribution in [0.3, 0.4) is 0 Å². The molecule has 1 heterocycles. The van der Waals surface area contributed by atoms with E-state index in [4.69, 9.17) is 4.74 Å². The molecule has 0 atom stereocenters. The number of hydrogen-bond donors (Lipinski definition) is 0. The van der Waals surface area contributed by atoms with Crippen molar-refractivity contribution < 1.29 is 9.53 Å². The Kier molecular flexibility index (Phi) is 2.32. The maximum Gasteiger partial charge on any atom is 0.335 e. The van der Waals surface area contributed by atoms with Crippen LogP contribution >= 0.6 is 0 Å². The lowest BCUT2D eigenvalue weighted by Gasteiger charge is -2.00. The summed E-state index contributed by atoms with van der Waals surface area (Å²) in [6.07, 6.45) is 0. The number of ether oxygens (including phenoxy) is 1. The monoisotopic (exact) mass is 167 g/mol. The van der Waals surface area contributed by atoms with Gasteiger partial charge in [-0.05, 0) is 6.92 Å². The smallest absolute Gasteiger partial charge is 0.335 e. The lowest BCUT2D eigenvalue weighted by atomic mass is 10.2. The number of hydrogen-bond acceptors (Lipinski definition) is 5. The molecular formula is C7H9N3O2. The van der Waals surface area contributed by atoms with Crippen LogP contribution in [-0.2, 0) is 0 Å². The SMILES string of the molecule is COc1nnc(C(C)=O)c(C)n1. The molecule has 1 aromatic rings. The minimum Gasteiger partial charge on any atom is -0.466 e. The lowest BCUT2D eigenvalue weighted by molar-refractivity contribution is 0.101. The molecule has 0 saturated carbocycles. The van der Waals surface area contributed by atoms with Gasteiger partial charge in [0.25, 0.3) is 0 Å². The van der Waals surface area contributed by atoms with Crippen LogP contribution in [0.25, 0.3) is 0 Å². The molecule has 0 saturated heterocycles. The van der Waals surface area contributed by atoms with Crippen molar-refractivity contribution in [3.05, 3.63) is 11.4 Å². The van der Waals surface area contributed by atoms with E-state index in [0.29, 0.717) is 5.69 Å². The van der Waals surface area contributed by atoms with Gasteiger partial charge in [0.2, 0.25) is 0 Å². The fourth-order valence-electron chi connectivity index (χ4n) is 0.796. The van der Waals surface area contributed by atoms with E-state index in [-0.39, 0.29) is 17.5 Å². The van der Waals surface area contributed by atoms with Crippen molar-refractivity contribution in [3.8, 4) is 6.01 Å². The normalized spacial score (nSPS) is 9.58. The Morgan fingerprint density at radius 2 is 2.08 bits per heavy atom. The Labute approximate surface area is 69.8 Å². The van der Waals surface area contributed by atoms with Gasteiger partial charge in [0.05, 0.1) is 12.8 Å². The molecule has 1 aromatic heterocycles. The highest BCUT2D eigenvalue weighted by molar-refractivity contribution is 5.92. The van der Waals surface area contributed by atoms with Crippen LogP contribution < -0.4 is 4.74 Å². The van der Waals surface area contributed by atoms with Crippen molar-refractivity contribution in [1.29, 1.82) is 0 Å². The van der Waals surface area contributed by atoms with Gasteiger partial charge in [0.15, 0.2) is 5.78 Å². The second-order valence-corrected chi connectivity index (χ2v) is 2.29. The molecule has 0 amide bonds. The molecule has 0 spiro atoms. The fraction of sp³-hybridized carbons (Fsp3) is 0.429. The summed E-state index contributed by atoms with van der Waals surface area (Å²) in [5.41, 5.74) is 0.824. The molecule has 0 aromatic carbocycles. The van der Waals surface area contributed by atoms with Gasteiger partial charge in [-0.25, -0.2) is 0 Å². The van der Waals surface area contributed by atoms with Gasteiger partial charge in [0, 0.05) is 6.92 Å². The number of rotatable bonds is 2. The maximum absolute atomic E-state index is 10.9. The molecule has 0 radical (unpaired) electrons. The molecule has 0 aliphatic carbocycles. The highest BCUT2D eigenvalue weighted by Gasteiger charge is 2.08. The van der Waals surface area contributed by atoms with E-state index in [1.165, 1.54) is 14.0 Å². The topological polar surface area (TPSA) is 65.0 Å². The highest BCUT2D eigenvalue weighted by atomic mass is 16.5. The summed E-state index contributed by atoms with van der Waals surface area (Å²) in [5.74, 6) is -0.143. The Balaban J connectivity index is 3.12. The molecule has 0 N–H and O–H groups in total. The van der Waals surface area contributed by atoms with E-state index in [0.717, 1.165) is 0 Å². The lowest BCUT2D eigenvalue weighted by Crippen LogP contribution is -2.06. The number of Topliss-reactive ketones (excluding diaryl/α,β-unsaturated/α-hetero) is 1. The van der Waals surface area contributed by atoms with Gasteiger partial charge in [-0.15, -0.1) is 5.10 Å². The van der Waals surface area contributed by atoms with Crippen LogP contribution in [0.15, 0.2) is 0 Å². The molecule has 0 aliphatic rings. The average molecular weight is 167 g/mol. The first-order chi connectivity index (χ1) is 5.65. The van der Waals surface area contributed by atoms with Crippen molar-refractivity contribution in [3.63, 3.8) is 0 Å². The number of methoxy groups -OCH3 is 1. The zero-order chi connectivity index (χ0) is 9.14. The van der Waals surface area contributed by atoms with Gasteiger partial charge >= 0.3 is 6.01 Å². The van der Waals surface area contributed by atoms with E-state index in [9.17, 15) is 4.79 Å². The first-order valence-corrected chi connectivity index (χ1v) is 3.41. The molecule has 64 valence electrons. The molecule has 0 bridgehead atoms. The second kappa shape index (κ2) is 3.25. The Bertz CT molecular complexity index is 312. The molecule has 1 rings (SSSR count). The van der Waals surface area contributed by atoms with Crippen LogP contribution in [0.5, 0.6) is 6.01 Å². The van der Waals surface area contributed by atoms with Crippen molar-refractivity contribution in [2.75, 3.05) is 7.11 Å². The van der Waals surface area contributed by atoms with Gasteiger partial charge in [-0.1, -0.05) is 5.10 Å². The Morgan fingerprint density at radius 1 is 1.42 bits per heavy atom. The second-order valence-electron chi connectivity index (χ2n) is 2.29. The standard InChI is InChI=1S/C7H9N3O2/c1-4-6(5(2)11)9-10-7(8-4)12-3/h1-3H3. The van der Waals surface area contributed by atoms with Crippen molar-refractivity contribution in [2.45, 2.75) is 13.8 Å². The van der Waals surface area contributed by atoms with Crippen molar-refractivity contribution in [1.82, 2.24) is 15.2 Å². The third kappa shape index (κ3) is 1.55. The van der Waals surface area contributed by atoms with Gasteiger partial charge < -0.3 is 4.74 Å². The number of ketones is 1. The molecule has 0 aliphatic heterocycles. The number of aromatic nitrogens is 3. The zero-order valence-electron chi connectivity index (χ0n) is 7.16. The minimum atomic E-state index is -0.143. The van der Waals surface area contributed by atoms with E-state index >= 15 is 0 Å². The number of aryl methyl sites for hydroxylation is 1. The summed E-state index contributed by atoms with van der Waals surface area (Å²) < 4.78 is 4.73. The predicted molar refractivity (Wildman–Crippen MR) is 41.1 cm³/mol. The third-order valence-electron chi connectivity index (χ3n) is 1.36. The molecule has 12 heavy (non-hydrogen) atoms. The van der Waals surface area contributed by atoms with Crippen LogP contribution in [-0.4, -0.2) is 28.1 Å². The molecule has 5 heteroatoms. The third-order valence-corrected chi connectivity index (χ3v) is 1.36. The van der Waals surface area contributed by atoms with Gasteiger partial charge in [-0.3, -0.25) is 4.79 Å². The molecular weight excluding hydrogens is 158 g/mol. The summed E-state index contributed by atoms with van der Waals surface area (Å²) in [4.78, 5) is 14.8. The zero-order valence-corrected chi connectivity index (χ0v) is 7.16. The van der Waals surface area contributed by atoms with Gasteiger partial charge in [-0.2, -0.15) is 4.98 Å². The summed E-state index contributed by atoms with van der Waals surface area (Å²) in [5, 5.41) is 7.24. The van der Waals surface area contributed by atoms with E-state index < -0.39 is 0 Å². The van der Waals surface area contributed by atoms with Crippen LogP contribution in [0.4, 0.5) is 0 Å². The van der Waals surface area contributed by atoms with Crippen LogP contribution in [0.1, 0.15) is 23.1 Å². The summed E-state index contributed by atoms with van der Waals surface area (Å²) in [7, 11) is 1.45. The highest BCUT2D eigenvalue weighted by Crippen LogP contribution is 2.04. The predicted octanol–water partition coefficient (Wildman–Crippen LogP) is 0.391.